The van der Waals surface area contributed by atoms with E-state index < -0.39 is 15.8 Å². The first-order chi connectivity index (χ1) is 12.8. The lowest BCUT2D eigenvalue weighted by Gasteiger charge is -2.24. The highest BCUT2D eigenvalue weighted by Crippen LogP contribution is 2.27. The van der Waals surface area contributed by atoms with Gasteiger partial charge in [-0.1, -0.05) is 0 Å². The Kier molecular flexibility index (Phi) is 6.79. The molecule has 0 aliphatic carbocycles. The molecule has 0 heterocycles. The number of halogens is 1. The van der Waals surface area contributed by atoms with Crippen molar-refractivity contribution in [2.24, 2.45) is 0 Å². The van der Waals surface area contributed by atoms with Crippen LogP contribution < -0.4 is 14.4 Å². The van der Waals surface area contributed by atoms with Crippen LogP contribution in [0.3, 0.4) is 0 Å². The minimum Gasteiger partial charge on any atom is -0.494 e. The molecule has 0 unspecified atom stereocenters. The number of ether oxygens (including phenoxy) is 1. The van der Waals surface area contributed by atoms with Gasteiger partial charge in [0, 0.05) is 17.7 Å². The maximum absolute atomic E-state index is 13.2. The molecule has 0 bridgehead atoms. The van der Waals surface area contributed by atoms with Crippen LogP contribution in [0.15, 0.2) is 42.5 Å². The zero-order valence-corrected chi connectivity index (χ0v) is 16.3. The predicted molar refractivity (Wildman–Crippen MR) is 103 cm³/mol. The average molecular weight is 394 g/mol. The Balaban J connectivity index is 2.47. The number of benzene rings is 2. The molecule has 0 atom stereocenters. The zero-order chi connectivity index (χ0) is 20.0. The van der Waals surface area contributed by atoms with Gasteiger partial charge in [-0.15, -0.1) is 0 Å². The minimum atomic E-state index is -3.65. The largest absolute Gasteiger partial charge is 0.494 e. The fourth-order valence-electron chi connectivity index (χ4n) is 2.57. The third kappa shape index (κ3) is 5.43. The maximum Gasteiger partial charge on any atom is 0.251 e. The molecule has 2 aromatic carbocycles. The summed E-state index contributed by atoms with van der Waals surface area (Å²) in [6.07, 6.45) is 1.07. The van der Waals surface area contributed by atoms with E-state index in [1.165, 1.54) is 24.3 Å². The normalized spacial score (nSPS) is 11.1. The number of nitrogens with one attached hydrogen (secondary N) is 1. The van der Waals surface area contributed by atoms with Gasteiger partial charge in [0.2, 0.25) is 10.0 Å². The Morgan fingerprint density at radius 1 is 1.15 bits per heavy atom. The van der Waals surface area contributed by atoms with Crippen molar-refractivity contribution in [2.75, 3.05) is 23.7 Å². The molecule has 2 aromatic rings. The molecular weight excluding hydrogens is 371 g/mol. The van der Waals surface area contributed by atoms with E-state index in [1.54, 1.807) is 18.2 Å². The van der Waals surface area contributed by atoms with Crippen LogP contribution in [0.5, 0.6) is 5.75 Å². The van der Waals surface area contributed by atoms with Crippen LogP contribution >= 0.6 is 0 Å². The van der Waals surface area contributed by atoms with E-state index in [1.807, 2.05) is 13.8 Å². The van der Waals surface area contributed by atoms with E-state index in [-0.39, 0.29) is 12.5 Å². The molecule has 0 saturated carbocycles. The van der Waals surface area contributed by atoms with Crippen molar-refractivity contribution in [3.63, 3.8) is 0 Å². The molecule has 0 aliphatic rings. The van der Waals surface area contributed by atoms with Gasteiger partial charge in [0.05, 0.1) is 25.1 Å². The third-order valence-electron chi connectivity index (χ3n) is 3.79. The Morgan fingerprint density at radius 3 is 2.37 bits per heavy atom. The molecule has 0 aromatic heterocycles. The summed E-state index contributed by atoms with van der Waals surface area (Å²) >= 11 is 0. The van der Waals surface area contributed by atoms with Gasteiger partial charge in [-0.3, -0.25) is 9.10 Å². The average Bonchev–Trinajstić information content (AvgIpc) is 2.61. The molecular formula is C19H23FN2O4S. The van der Waals surface area contributed by atoms with Crippen molar-refractivity contribution in [3.05, 3.63) is 59.4 Å². The zero-order valence-electron chi connectivity index (χ0n) is 15.5. The van der Waals surface area contributed by atoms with Crippen LogP contribution in [0.25, 0.3) is 0 Å². The SMILES string of the molecule is CCNC(=O)c1ccc(OCC)c(CN(c2ccc(F)cc2)S(C)(=O)=O)c1. The second kappa shape index (κ2) is 8.85. The minimum absolute atomic E-state index is 0.0486. The summed E-state index contributed by atoms with van der Waals surface area (Å²) in [5.74, 6) is -0.226. The molecule has 27 heavy (non-hydrogen) atoms. The second-order valence-electron chi connectivity index (χ2n) is 5.86. The van der Waals surface area contributed by atoms with Gasteiger partial charge in [0.25, 0.3) is 5.91 Å². The number of anilines is 1. The standard InChI is InChI=1S/C19H23FN2O4S/c1-4-21-19(23)14-6-11-18(26-5-2)15(12-14)13-22(27(3,24)25)17-9-7-16(20)8-10-17/h6-12H,4-5,13H2,1-3H3,(H,21,23). The van der Waals surface area contributed by atoms with Crippen molar-refractivity contribution in [1.29, 1.82) is 0 Å². The van der Waals surface area contributed by atoms with Crippen molar-refractivity contribution in [3.8, 4) is 5.75 Å². The van der Waals surface area contributed by atoms with Crippen molar-refractivity contribution < 1.29 is 22.3 Å². The van der Waals surface area contributed by atoms with Crippen LogP contribution in [0.1, 0.15) is 29.8 Å². The maximum atomic E-state index is 13.2. The van der Waals surface area contributed by atoms with E-state index in [0.717, 1.165) is 10.6 Å². The van der Waals surface area contributed by atoms with Gasteiger partial charge in [-0.25, -0.2) is 12.8 Å². The molecule has 0 saturated heterocycles. The Morgan fingerprint density at radius 2 is 1.81 bits per heavy atom. The number of hydrogen-bond donors (Lipinski definition) is 1. The van der Waals surface area contributed by atoms with E-state index in [2.05, 4.69) is 5.32 Å². The van der Waals surface area contributed by atoms with E-state index in [9.17, 15) is 17.6 Å². The Hall–Kier alpha value is -2.61. The molecule has 0 aliphatic heterocycles. The molecule has 8 heteroatoms. The fraction of sp³-hybridized carbons (Fsp3) is 0.316. The van der Waals surface area contributed by atoms with Crippen molar-refractivity contribution in [2.45, 2.75) is 20.4 Å². The van der Waals surface area contributed by atoms with E-state index >= 15 is 0 Å². The molecule has 0 fully saturated rings. The Bertz CT molecular complexity index is 898. The van der Waals surface area contributed by atoms with Crippen molar-refractivity contribution in [1.82, 2.24) is 5.32 Å². The first kappa shape index (κ1) is 20.7. The highest BCUT2D eigenvalue weighted by atomic mass is 32.2. The molecule has 0 radical (unpaired) electrons. The summed E-state index contributed by atoms with van der Waals surface area (Å²) < 4.78 is 44.6. The van der Waals surface area contributed by atoms with Gasteiger partial charge in [0.1, 0.15) is 11.6 Å². The first-order valence-corrected chi connectivity index (χ1v) is 10.4. The van der Waals surface area contributed by atoms with Gasteiger partial charge >= 0.3 is 0 Å². The number of nitrogens with zero attached hydrogens (tertiary/aromatic N) is 1. The lowest BCUT2D eigenvalue weighted by molar-refractivity contribution is 0.0955. The highest BCUT2D eigenvalue weighted by Gasteiger charge is 2.21. The monoisotopic (exact) mass is 394 g/mol. The molecule has 2 rings (SSSR count). The third-order valence-corrected chi connectivity index (χ3v) is 4.93. The number of hydrogen-bond acceptors (Lipinski definition) is 4. The first-order valence-electron chi connectivity index (χ1n) is 8.53. The lowest BCUT2D eigenvalue weighted by atomic mass is 10.1. The van der Waals surface area contributed by atoms with Gasteiger partial charge < -0.3 is 10.1 Å². The highest BCUT2D eigenvalue weighted by molar-refractivity contribution is 7.92. The topological polar surface area (TPSA) is 75.7 Å². The predicted octanol–water partition coefficient (Wildman–Crippen LogP) is 2.94. The summed E-state index contributed by atoms with van der Waals surface area (Å²) in [4.78, 5) is 12.1. The van der Waals surface area contributed by atoms with Crippen LogP contribution in [0.4, 0.5) is 10.1 Å². The smallest absolute Gasteiger partial charge is 0.251 e. The summed E-state index contributed by atoms with van der Waals surface area (Å²) in [5.41, 5.74) is 1.27. The quantitative estimate of drug-likeness (QED) is 0.747. The summed E-state index contributed by atoms with van der Waals surface area (Å²) in [5, 5.41) is 2.71. The number of sulfonamides is 1. The summed E-state index contributed by atoms with van der Waals surface area (Å²) in [6.45, 7) is 4.45. The summed E-state index contributed by atoms with van der Waals surface area (Å²) in [7, 11) is -3.65. The summed E-state index contributed by atoms with van der Waals surface area (Å²) in [6, 6.07) is 10.1. The van der Waals surface area contributed by atoms with Crippen LogP contribution in [-0.4, -0.2) is 33.7 Å². The van der Waals surface area contributed by atoms with Gasteiger partial charge in [-0.05, 0) is 56.3 Å². The van der Waals surface area contributed by atoms with Gasteiger partial charge in [-0.2, -0.15) is 0 Å². The number of rotatable bonds is 8. The van der Waals surface area contributed by atoms with Crippen LogP contribution in [0.2, 0.25) is 0 Å². The van der Waals surface area contributed by atoms with E-state index in [4.69, 9.17) is 4.74 Å². The van der Waals surface area contributed by atoms with Crippen LogP contribution in [-0.2, 0) is 16.6 Å². The molecule has 1 N–H and O–H groups in total. The molecule has 6 nitrogen and oxygen atoms in total. The fourth-order valence-corrected chi connectivity index (χ4v) is 3.44. The van der Waals surface area contributed by atoms with Gasteiger partial charge in [0.15, 0.2) is 0 Å². The lowest BCUT2D eigenvalue weighted by Crippen LogP contribution is -2.30. The molecule has 146 valence electrons. The Labute approximate surface area is 159 Å². The molecule has 0 spiro atoms. The van der Waals surface area contributed by atoms with Crippen molar-refractivity contribution >= 4 is 21.6 Å². The number of amides is 1. The second-order valence-corrected chi connectivity index (χ2v) is 7.77. The number of carbonyl (C=O) groups is 1. The molecule has 1 amide bonds. The van der Waals surface area contributed by atoms with E-state index in [0.29, 0.717) is 35.7 Å². The van der Waals surface area contributed by atoms with Crippen LogP contribution in [0, 0.1) is 5.82 Å². The number of carbonyl (C=O) groups excluding carboxylic acids is 1.